The molecule has 0 atom stereocenters. The molecule has 2 aromatic rings. The van der Waals surface area contributed by atoms with Crippen LogP contribution >= 0.6 is 22.6 Å². The highest BCUT2D eigenvalue weighted by atomic mass is 127. The Balaban J connectivity index is 1.78. The maximum atomic E-state index is 13.1. The van der Waals surface area contributed by atoms with Gasteiger partial charge in [-0.1, -0.05) is 25.0 Å². The Bertz CT molecular complexity index is 1030. The Morgan fingerprint density at radius 1 is 1.00 bits per heavy atom. The molecule has 1 aliphatic rings. The molecule has 2 amide bonds. The molecule has 0 saturated carbocycles. The Kier molecular flexibility index (Phi) is 7.93. The monoisotopic (exact) mass is 555 g/mol. The van der Waals surface area contributed by atoms with Gasteiger partial charge in [-0.25, -0.2) is 8.42 Å². The molecule has 31 heavy (non-hydrogen) atoms. The van der Waals surface area contributed by atoms with Crippen molar-refractivity contribution in [1.82, 2.24) is 4.90 Å². The number of benzene rings is 2. The quantitative estimate of drug-likeness (QED) is 0.551. The third-order valence-corrected chi connectivity index (χ3v) is 6.99. The number of hydrogen-bond donors (Lipinski definition) is 1. The van der Waals surface area contributed by atoms with Crippen LogP contribution in [0.5, 0.6) is 0 Å². The van der Waals surface area contributed by atoms with Crippen molar-refractivity contribution in [2.24, 2.45) is 0 Å². The fourth-order valence-electron chi connectivity index (χ4n) is 3.55. The van der Waals surface area contributed by atoms with Gasteiger partial charge in [-0.05, 0) is 71.8 Å². The van der Waals surface area contributed by atoms with Gasteiger partial charge in [0.15, 0.2) is 0 Å². The van der Waals surface area contributed by atoms with Crippen molar-refractivity contribution in [3.8, 4) is 0 Å². The SMILES string of the molecule is CS(=O)(=O)N(CC(=O)Nc1ccccc1C(=O)N1CCCCCC1)c1ccc(I)cc1. The zero-order valence-corrected chi connectivity index (χ0v) is 20.4. The van der Waals surface area contributed by atoms with Crippen LogP contribution in [0.25, 0.3) is 0 Å². The minimum absolute atomic E-state index is 0.115. The number of nitrogens with one attached hydrogen (secondary N) is 1. The van der Waals surface area contributed by atoms with E-state index < -0.39 is 15.9 Å². The normalized spacial score (nSPS) is 14.6. The zero-order valence-electron chi connectivity index (χ0n) is 17.4. The summed E-state index contributed by atoms with van der Waals surface area (Å²) in [6.07, 6.45) is 5.23. The topological polar surface area (TPSA) is 86.8 Å². The lowest BCUT2D eigenvalue weighted by Gasteiger charge is -2.23. The summed E-state index contributed by atoms with van der Waals surface area (Å²) in [5, 5.41) is 2.74. The van der Waals surface area contributed by atoms with E-state index in [1.165, 1.54) is 0 Å². The Morgan fingerprint density at radius 2 is 1.61 bits per heavy atom. The van der Waals surface area contributed by atoms with Gasteiger partial charge in [0.05, 0.1) is 23.2 Å². The number of halogens is 1. The number of anilines is 2. The minimum Gasteiger partial charge on any atom is -0.339 e. The van der Waals surface area contributed by atoms with E-state index in [1.807, 2.05) is 4.90 Å². The fourth-order valence-corrected chi connectivity index (χ4v) is 4.77. The Morgan fingerprint density at radius 3 is 2.23 bits per heavy atom. The fraction of sp³-hybridized carbons (Fsp3) is 0.364. The Labute approximate surface area is 197 Å². The molecule has 0 aromatic heterocycles. The zero-order chi connectivity index (χ0) is 22.4. The third kappa shape index (κ3) is 6.42. The second kappa shape index (κ2) is 10.4. The van der Waals surface area contributed by atoms with Gasteiger partial charge in [0.1, 0.15) is 6.54 Å². The molecule has 1 aliphatic heterocycles. The van der Waals surface area contributed by atoms with Crippen molar-refractivity contribution in [3.63, 3.8) is 0 Å². The van der Waals surface area contributed by atoms with Crippen LogP contribution in [0.3, 0.4) is 0 Å². The smallest absolute Gasteiger partial charge is 0.255 e. The molecule has 1 heterocycles. The average Bonchev–Trinajstić information content (AvgIpc) is 3.01. The summed E-state index contributed by atoms with van der Waals surface area (Å²) in [5.74, 6) is -0.629. The summed E-state index contributed by atoms with van der Waals surface area (Å²) in [6, 6.07) is 13.7. The number of para-hydroxylation sites is 1. The molecule has 2 aromatic carbocycles. The van der Waals surface area contributed by atoms with E-state index in [2.05, 4.69) is 27.9 Å². The molecule has 7 nitrogen and oxygen atoms in total. The maximum absolute atomic E-state index is 13.1. The summed E-state index contributed by atoms with van der Waals surface area (Å²) in [7, 11) is -3.67. The predicted molar refractivity (Wildman–Crippen MR) is 131 cm³/mol. The molecule has 0 aliphatic carbocycles. The standard InChI is InChI=1S/C22H26IN3O4S/c1-31(29,30)26(18-12-10-17(23)11-13-18)16-21(27)24-20-9-5-4-8-19(20)22(28)25-14-6-2-3-7-15-25/h4-5,8-13H,2-3,6-7,14-16H2,1H3,(H,24,27). The number of amides is 2. The van der Waals surface area contributed by atoms with Crippen LogP contribution in [0.2, 0.25) is 0 Å². The first-order valence-electron chi connectivity index (χ1n) is 10.2. The molecule has 0 unspecified atom stereocenters. The van der Waals surface area contributed by atoms with Crippen LogP contribution in [0, 0.1) is 3.57 Å². The average molecular weight is 555 g/mol. The predicted octanol–water partition coefficient (Wildman–Crippen LogP) is 3.71. The highest BCUT2D eigenvalue weighted by Crippen LogP contribution is 2.22. The van der Waals surface area contributed by atoms with Crippen LogP contribution in [0.4, 0.5) is 11.4 Å². The summed E-state index contributed by atoms with van der Waals surface area (Å²) < 4.78 is 26.6. The van der Waals surface area contributed by atoms with E-state index >= 15 is 0 Å². The highest BCUT2D eigenvalue weighted by molar-refractivity contribution is 14.1. The molecule has 166 valence electrons. The van der Waals surface area contributed by atoms with Crippen molar-refractivity contribution in [1.29, 1.82) is 0 Å². The third-order valence-electron chi connectivity index (χ3n) is 5.13. The van der Waals surface area contributed by atoms with Crippen LogP contribution < -0.4 is 9.62 Å². The van der Waals surface area contributed by atoms with E-state index in [0.717, 1.165) is 39.8 Å². The lowest BCUT2D eigenvalue weighted by molar-refractivity contribution is -0.114. The molecule has 1 saturated heterocycles. The molecule has 0 bridgehead atoms. The second-order valence-electron chi connectivity index (χ2n) is 7.55. The summed E-state index contributed by atoms with van der Waals surface area (Å²) in [6.45, 7) is 1.03. The molecule has 3 rings (SSSR count). The summed E-state index contributed by atoms with van der Waals surface area (Å²) in [5.41, 5.74) is 1.21. The minimum atomic E-state index is -3.67. The first-order valence-corrected chi connectivity index (χ1v) is 13.1. The van der Waals surface area contributed by atoms with Gasteiger partial charge < -0.3 is 10.2 Å². The number of carbonyl (C=O) groups is 2. The van der Waals surface area contributed by atoms with Crippen molar-refractivity contribution >= 4 is 55.8 Å². The van der Waals surface area contributed by atoms with Gasteiger partial charge in [0.2, 0.25) is 15.9 Å². The highest BCUT2D eigenvalue weighted by Gasteiger charge is 2.23. The molecular formula is C22H26IN3O4S. The first-order chi connectivity index (χ1) is 14.8. The van der Waals surface area contributed by atoms with E-state index in [4.69, 9.17) is 0 Å². The van der Waals surface area contributed by atoms with Gasteiger partial charge in [-0.2, -0.15) is 0 Å². The van der Waals surface area contributed by atoms with Crippen LogP contribution in [-0.2, 0) is 14.8 Å². The van der Waals surface area contributed by atoms with Crippen molar-refractivity contribution in [3.05, 3.63) is 57.7 Å². The van der Waals surface area contributed by atoms with E-state index in [1.54, 1.807) is 48.5 Å². The second-order valence-corrected chi connectivity index (χ2v) is 10.7. The van der Waals surface area contributed by atoms with Crippen molar-refractivity contribution < 1.29 is 18.0 Å². The van der Waals surface area contributed by atoms with E-state index in [-0.39, 0.29) is 12.5 Å². The molecular weight excluding hydrogens is 529 g/mol. The van der Waals surface area contributed by atoms with E-state index in [9.17, 15) is 18.0 Å². The first kappa shape index (κ1) is 23.5. The molecule has 1 fully saturated rings. The number of rotatable bonds is 6. The Hall–Kier alpha value is -2.14. The van der Waals surface area contributed by atoms with Gasteiger partial charge in [0, 0.05) is 16.7 Å². The summed E-state index contributed by atoms with van der Waals surface area (Å²) >= 11 is 2.13. The largest absolute Gasteiger partial charge is 0.339 e. The lowest BCUT2D eigenvalue weighted by Crippen LogP contribution is -2.38. The molecule has 1 N–H and O–H groups in total. The number of hydrogen-bond acceptors (Lipinski definition) is 4. The van der Waals surface area contributed by atoms with Crippen molar-refractivity contribution in [2.75, 3.05) is 35.5 Å². The van der Waals surface area contributed by atoms with Crippen LogP contribution in [-0.4, -0.2) is 51.0 Å². The number of nitrogens with zero attached hydrogens (tertiary/aromatic N) is 2. The summed E-state index contributed by atoms with van der Waals surface area (Å²) in [4.78, 5) is 27.7. The van der Waals surface area contributed by atoms with Gasteiger partial charge in [-0.3, -0.25) is 13.9 Å². The number of carbonyl (C=O) groups excluding carboxylic acids is 2. The molecule has 0 radical (unpaired) electrons. The number of likely N-dealkylation sites (tertiary alicyclic amines) is 1. The van der Waals surface area contributed by atoms with Gasteiger partial charge >= 0.3 is 0 Å². The number of sulfonamides is 1. The van der Waals surface area contributed by atoms with Crippen LogP contribution in [0.15, 0.2) is 48.5 Å². The maximum Gasteiger partial charge on any atom is 0.255 e. The molecule has 0 spiro atoms. The van der Waals surface area contributed by atoms with E-state index in [0.29, 0.717) is 30.0 Å². The van der Waals surface area contributed by atoms with Gasteiger partial charge in [-0.15, -0.1) is 0 Å². The molecule has 9 heteroatoms. The van der Waals surface area contributed by atoms with Gasteiger partial charge in [0.25, 0.3) is 5.91 Å². The van der Waals surface area contributed by atoms with Crippen LogP contribution in [0.1, 0.15) is 36.0 Å². The lowest BCUT2D eigenvalue weighted by atomic mass is 10.1. The van der Waals surface area contributed by atoms with Crippen molar-refractivity contribution in [2.45, 2.75) is 25.7 Å².